The van der Waals surface area contributed by atoms with Gasteiger partial charge in [0, 0.05) is 68.9 Å². The Morgan fingerprint density at radius 3 is 2.77 bits per heavy atom. The summed E-state index contributed by atoms with van der Waals surface area (Å²) in [6.45, 7) is 2.51. The minimum Gasteiger partial charge on any atom is -0.347 e. The van der Waals surface area contributed by atoms with Crippen molar-refractivity contribution in [3.8, 4) is 0 Å². The van der Waals surface area contributed by atoms with Crippen LogP contribution >= 0.6 is 0 Å². The number of fused-ring (bicyclic) bond motifs is 5. The molecule has 30 heavy (non-hydrogen) atoms. The molecule has 3 atom stereocenters. The average molecular weight is 402 g/mol. The molecule has 0 aliphatic carbocycles. The Hall–Kier alpha value is -2.99. The molecule has 4 heterocycles. The summed E-state index contributed by atoms with van der Waals surface area (Å²) in [4.78, 5) is 34.4. The molecule has 2 aliphatic rings. The highest BCUT2D eigenvalue weighted by atomic mass is 16.2. The van der Waals surface area contributed by atoms with Gasteiger partial charge in [0.15, 0.2) is 0 Å². The van der Waals surface area contributed by atoms with Crippen molar-refractivity contribution in [1.82, 2.24) is 19.4 Å². The lowest BCUT2D eigenvalue weighted by atomic mass is 9.78. The van der Waals surface area contributed by atoms with E-state index in [9.17, 15) is 9.59 Å². The van der Waals surface area contributed by atoms with E-state index < -0.39 is 6.04 Å². The van der Waals surface area contributed by atoms with Gasteiger partial charge in [0.25, 0.3) is 5.56 Å². The van der Waals surface area contributed by atoms with E-state index in [1.54, 1.807) is 29.6 Å². The number of likely N-dealkylation sites (tertiary alicyclic amines) is 1. The Morgan fingerprint density at radius 1 is 1.10 bits per heavy atom. The van der Waals surface area contributed by atoms with Crippen LogP contribution < -0.4 is 5.56 Å². The molecule has 2 bridgehead atoms. The van der Waals surface area contributed by atoms with E-state index in [1.165, 1.54) is 10.9 Å². The molecule has 0 radical (unpaired) electrons. The van der Waals surface area contributed by atoms with Gasteiger partial charge in [-0.05, 0) is 30.2 Å². The Labute approximate surface area is 175 Å². The van der Waals surface area contributed by atoms with Crippen molar-refractivity contribution in [2.24, 2.45) is 5.92 Å². The largest absolute Gasteiger partial charge is 0.347 e. The van der Waals surface area contributed by atoms with Crippen molar-refractivity contribution in [3.63, 3.8) is 0 Å². The number of hydrogen-bond donors (Lipinski definition) is 0. The molecule has 0 spiro atoms. The van der Waals surface area contributed by atoms with Crippen molar-refractivity contribution in [2.75, 3.05) is 27.2 Å². The van der Waals surface area contributed by atoms with Crippen LogP contribution in [0.3, 0.4) is 0 Å². The molecular formula is C24H26N4O2. The molecule has 3 aromatic rings. The first kappa shape index (κ1) is 19.0. The number of piperidine rings is 1. The third kappa shape index (κ3) is 3.12. The zero-order valence-electron chi connectivity index (χ0n) is 17.4. The second-order valence-corrected chi connectivity index (χ2v) is 8.71. The van der Waals surface area contributed by atoms with Crippen LogP contribution in [0.5, 0.6) is 0 Å². The first-order valence-electron chi connectivity index (χ1n) is 10.5. The molecule has 6 heteroatoms. The quantitative estimate of drug-likeness (QED) is 0.676. The normalized spacial score (nSPS) is 23.2. The molecule has 154 valence electrons. The Balaban J connectivity index is 1.51. The highest BCUT2D eigenvalue weighted by Gasteiger charge is 2.44. The molecule has 6 nitrogen and oxygen atoms in total. The van der Waals surface area contributed by atoms with Gasteiger partial charge in [0.1, 0.15) is 6.04 Å². The summed E-state index contributed by atoms with van der Waals surface area (Å²) in [5.74, 6) is 0.389. The third-order valence-corrected chi connectivity index (χ3v) is 6.55. The number of likely N-dealkylation sites (N-methyl/N-ethyl adjacent to an activating group) is 1. The van der Waals surface area contributed by atoms with E-state index in [0.717, 1.165) is 37.3 Å². The second-order valence-electron chi connectivity index (χ2n) is 8.71. The lowest BCUT2D eigenvalue weighted by Gasteiger charge is -2.46. The first-order chi connectivity index (χ1) is 14.5. The molecule has 2 aliphatic heterocycles. The Bertz CT molecular complexity index is 1160. The van der Waals surface area contributed by atoms with E-state index in [2.05, 4.69) is 22.0 Å². The van der Waals surface area contributed by atoms with Crippen molar-refractivity contribution in [2.45, 2.75) is 24.9 Å². The van der Waals surface area contributed by atoms with Crippen LogP contribution in [-0.2, 0) is 11.3 Å². The predicted molar refractivity (Wildman–Crippen MR) is 116 cm³/mol. The third-order valence-electron chi connectivity index (χ3n) is 6.55. The minimum atomic E-state index is -0.433. The molecule has 1 fully saturated rings. The van der Waals surface area contributed by atoms with Gasteiger partial charge < -0.3 is 4.90 Å². The molecule has 1 saturated heterocycles. The Kier molecular flexibility index (Phi) is 4.66. The van der Waals surface area contributed by atoms with Gasteiger partial charge in [-0.1, -0.05) is 24.3 Å². The SMILES string of the molecule is CN(C)C(=O)[C@H]1[C@H]2C[C@H](CN(Cc3ccnc4ccccc34)C2)c2cccc(=O)n21. The second kappa shape index (κ2) is 7.36. The average Bonchev–Trinajstić information content (AvgIpc) is 2.74. The van der Waals surface area contributed by atoms with Gasteiger partial charge >= 0.3 is 0 Å². The summed E-state index contributed by atoms with van der Waals surface area (Å²) in [6, 6.07) is 15.3. The number of rotatable bonds is 3. The van der Waals surface area contributed by atoms with Gasteiger partial charge in [-0.15, -0.1) is 0 Å². The fourth-order valence-corrected chi connectivity index (χ4v) is 5.27. The zero-order chi connectivity index (χ0) is 20.8. The zero-order valence-corrected chi connectivity index (χ0v) is 17.4. The molecule has 5 rings (SSSR count). The summed E-state index contributed by atoms with van der Waals surface area (Å²) in [5.41, 5.74) is 3.17. The lowest BCUT2D eigenvalue weighted by Crippen LogP contribution is -2.52. The summed E-state index contributed by atoms with van der Waals surface area (Å²) in [6.07, 6.45) is 2.82. The summed E-state index contributed by atoms with van der Waals surface area (Å²) >= 11 is 0. The van der Waals surface area contributed by atoms with Gasteiger partial charge in [-0.2, -0.15) is 0 Å². The number of benzene rings is 1. The van der Waals surface area contributed by atoms with Crippen LogP contribution in [0.15, 0.2) is 59.5 Å². The van der Waals surface area contributed by atoms with Crippen LogP contribution in [-0.4, -0.2) is 52.4 Å². The smallest absolute Gasteiger partial charge is 0.251 e. The van der Waals surface area contributed by atoms with Gasteiger partial charge in [0.05, 0.1) is 5.52 Å². The fraction of sp³-hybridized carbons (Fsp3) is 0.375. The Morgan fingerprint density at radius 2 is 1.93 bits per heavy atom. The maximum Gasteiger partial charge on any atom is 0.251 e. The van der Waals surface area contributed by atoms with Crippen LogP contribution in [0.4, 0.5) is 0 Å². The summed E-state index contributed by atoms with van der Waals surface area (Å²) < 4.78 is 1.76. The van der Waals surface area contributed by atoms with Crippen LogP contribution in [0, 0.1) is 5.92 Å². The van der Waals surface area contributed by atoms with E-state index in [0.29, 0.717) is 0 Å². The molecule has 0 saturated carbocycles. The molecule has 1 amide bonds. The van der Waals surface area contributed by atoms with Crippen molar-refractivity contribution in [1.29, 1.82) is 0 Å². The summed E-state index contributed by atoms with van der Waals surface area (Å²) in [5, 5.41) is 1.17. The van der Waals surface area contributed by atoms with Gasteiger partial charge in [-0.25, -0.2) is 0 Å². The number of carbonyl (C=O) groups excluding carboxylic acids is 1. The van der Waals surface area contributed by atoms with Crippen LogP contribution in [0.25, 0.3) is 10.9 Å². The lowest BCUT2D eigenvalue weighted by molar-refractivity contribution is -0.135. The molecule has 2 aromatic heterocycles. The molecular weight excluding hydrogens is 376 g/mol. The topological polar surface area (TPSA) is 58.4 Å². The molecule has 1 aromatic carbocycles. The van der Waals surface area contributed by atoms with Gasteiger partial charge in [0.2, 0.25) is 5.91 Å². The number of nitrogens with zero attached hydrogens (tertiary/aromatic N) is 4. The summed E-state index contributed by atoms with van der Waals surface area (Å²) in [7, 11) is 3.54. The first-order valence-corrected chi connectivity index (χ1v) is 10.5. The maximum atomic E-state index is 13.1. The van der Waals surface area contributed by atoms with Gasteiger partial charge in [-0.3, -0.25) is 24.0 Å². The number of pyridine rings is 2. The standard InChI is InChI=1S/C24H26N4O2/c1-26(2)24(30)23-18-12-17(21-8-5-9-22(29)28(21)23)14-27(15-18)13-16-10-11-25-20-7-4-3-6-19(16)20/h3-11,17-18,23H,12-15H2,1-2H3/t17-,18+,23-/m1/s1. The minimum absolute atomic E-state index is 0.00390. The van der Waals surface area contributed by atoms with Crippen molar-refractivity contribution < 1.29 is 4.79 Å². The van der Waals surface area contributed by atoms with Crippen molar-refractivity contribution >= 4 is 16.8 Å². The van der Waals surface area contributed by atoms with Crippen LogP contribution in [0.1, 0.15) is 29.6 Å². The van der Waals surface area contributed by atoms with E-state index in [1.807, 2.05) is 36.5 Å². The highest BCUT2D eigenvalue weighted by Crippen LogP contribution is 2.42. The highest BCUT2D eigenvalue weighted by molar-refractivity contribution is 5.82. The molecule has 0 N–H and O–H groups in total. The van der Waals surface area contributed by atoms with E-state index in [-0.39, 0.29) is 23.3 Å². The number of hydrogen-bond acceptors (Lipinski definition) is 4. The number of carbonyl (C=O) groups is 1. The monoisotopic (exact) mass is 402 g/mol. The maximum absolute atomic E-state index is 13.1. The predicted octanol–water partition coefficient (Wildman–Crippen LogP) is 2.65. The molecule has 0 unspecified atom stereocenters. The number of aromatic nitrogens is 2. The number of para-hydroxylation sites is 1. The van der Waals surface area contributed by atoms with Crippen molar-refractivity contribution in [3.05, 3.63) is 76.3 Å². The van der Waals surface area contributed by atoms with E-state index >= 15 is 0 Å². The fourth-order valence-electron chi connectivity index (χ4n) is 5.27. The van der Waals surface area contributed by atoms with Crippen LogP contribution in [0.2, 0.25) is 0 Å². The van der Waals surface area contributed by atoms with E-state index in [4.69, 9.17) is 0 Å². The number of amides is 1.